The molecule has 0 atom stereocenters. The lowest BCUT2D eigenvalue weighted by Crippen LogP contribution is -2.04. The summed E-state index contributed by atoms with van der Waals surface area (Å²) in [6.07, 6.45) is 0. The third kappa shape index (κ3) is 3.50. The van der Waals surface area contributed by atoms with Gasteiger partial charge in [-0.15, -0.1) is 10.2 Å². The molecule has 0 aliphatic rings. The minimum absolute atomic E-state index is 0.314. The maximum atomic E-state index is 11.3. The zero-order chi connectivity index (χ0) is 18.0. The Kier molecular flexibility index (Phi) is 4.47. The van der Waals surface area contributed by atoms with Gasteiger partial charge in [-0.05, 0) is 60.0 Å². The molecule has 0 aliphatic heterocycles. The molecule has 25 heavy (non-hydrogen) atoms. The van der Waals surface area contributed by atoms with E-state index in [-0.39, 0.29) is 0 Å². The van der Waals surface area contributed by atoms with Gasteiger partial charge in [-0.25, -0.2) is 4.79 Å². The summed E-state index contributed by atoms with van der Waals surface area (Å²) in [6, 6.07) is 11.2. The number of hydrogen-bond donors (Lipinski definition) is 1. The number of aromatic nitrogens is 4. The molecular formula is C18H18N4O3. The number of hydrogen-bond acceptors (Lipinski definition) is 5. The van der Waals surface area contributed by atoms with E-state index in [2.05, 4.69) is 15.4 Å². The molecule has 0 saturated carbocycles. The van der Waals surface area contributed by atoms with E-state index in [0.29, 0.717) is 29.1 Å². The number of tetrazole rings is 1. The first-order chi connectivity index (χ1) is 12.0. The molecule has 3 rings (SSSR count). The summed E-state index contributed by atoms with van der Waals surface area (Å²) >= 11 is 0. The Bertz CT molecular complexity index is 893. The molecule has 7 nitrogen and oxygen atoms in total. The number of ether oxygens (including phenoxy) is 1. The molecule has 0 amide bonds. The smallest absolute Gasteiger partial charge is 0.336 e. The predicted octanol–water partition coefficient (Wildman–Crippen LogP) is 2.71. The van der Waals surface area contributed by atoms with Crippen molar-refractivity contribution in [1.29, 1.82) is 0 Å². The van der Waals surface area contributed by atoms with Crippen LogP contribution >= 0.6 is 0 Å². The highest BCUT2D eigenvalue weighted by atomic mass is 16.5. The fourth-order valence-corrected chi connectivity index (χ4v) is 2.75. The van der Waals surface area contributed by atoms with Crippen molar-refractivity contribution in [3.63, 3.8) is 0 Å². The fraction of sp³-hybridized carbons (Fsp3) is 0.222. The van der Waals surface area contributed by atoms with Gasteiger partial charge < -0.3 is 9.84 Å². The number of nitrogens with zero attached hydrogens (tertiary/aromatic N) is 4. The first-order valence-electron chi connectivity index (χ1n) is 7.73. The van der Waals surface area contributed by atoms with Gasteiger partial charge in [-0.3, -0.25) is 0 Å². The van der Waals surface area contributed by atoms with Crippen molar-refractivity contribution in [1.82, 2.24) is 20.2 Å². The molecule has 0 spiro atoms. The number of rotatable bonds is 5. The average Bonchev–Trinajstić information content (AvgIpc) is 3.03. The molecule has 1 heterocycles. The number of carboxylic acids is 1. The van der Waals surface area contributed by atoms with Gasteiger partial charge in [0, 0.05) is 5.56 Å². The van der Waals surface area contributed by atoms with E-state index in [4.69, 9.17) is 4.74 Å². The molecule has 0 bridgehead atoms. The molecule has 0 radical (unpaired) electrons. The first kappa shape index (κ1) is 16.6. The van der Waals surface area contributed by atoms with E-state index >= 15 is 0 Å². The van der Waals surface area contributed by atoms with Crippen LogP contribution in [0.15, 0.2) is 36.4 Å². The summed E-state index contributed by atoms with van der Waals surface area (Å²) in [5, 5.41) is 21.8. The Labute approximate surface area is 144 Å². The maximum Gasteiger partial charge on any atom is 0.336 e. The Hall–Kier alpha value is -3.22. The van der Waals surface area contributed by atoms with Gasteiger partial charge in [-0.1, -0.05) is 12.1 Å². The Morgan fingerprint density at radius 3 is 2.36 bits per heavy atom. The maximum absolute atomic E-state index is 11.3. The van der Waals surface area contributed by atoms with Crippen molar-refractivity contribution in [3.8, 4) is 17.1 Å². The minimum Gasteiger partial charge on any atom is -0.497 e. The molecule has 0 saturated heterocycles. The summed E-state index contributed by atoms with van der Waals surface area (Å²) in [5.74, 6) is 0.328. The van der Waals surface area contributed by atoms with Crippen molar-refractivity contribution in [3.05, 3.63) is 58.7 Å². The number of benzene rings is 2. The van der Waals surface area contributed by atoms with Crippen LogP contribution in [0.1, 0.15) is 27.0 Å². The van der Waals surface area contributed by atoms with Crippen LogP contribution in [0, 0.1) is 13.8 Å². The number of methoxy groups -OCH3 is 1. The molecule has 1 N–H and O–H groups in total. The summed E-state index contributed by atoms with van der Waals surface area (Å²) in [6.45, 7) is 4.02. The highest BCUT2D eigenvalue weighted by Gasteiger charge is 2.15. The zero-order valence-corrected chi connectivity index (χ0v) is 14.2. The normalized spacial score (nSPS) is 10.7. The topological polar surface area (TPSA) is 90.1 Å². The monoisotopic (exact) mass is 338 g/mol. The van der Waals surface area contributed by atoms with Gasteiger partial charge in [0.05, 0.1) is 19.2 Å². The SMILES string of the molecule is COc1ccc(Cn2nnc(-c3cc(C)c(C(=O)O)c(C)c3)n2)cc1. The summed E-state index contributed by atoms with van der Waals surface area (Å²) in [4.78, 5) is 12.8. The number of aryl methyl sites for hydroxylation is 2. The molecular weight excluding hydrogens is 320 g/mol. The van der Waals surface area contributed by atoms with Crippen LogP contribution < -0.4 is 4.74 Å². The highest BCUT2D eigenvalue weighted by Crippen LogP contribution is 2.22. The third-order valence-corrected chi connectivity index (χ3v) is 3.94. The van der Waals surface area contributed by atoms with Crippen LogP contribution in [-0.2, 0) is 6.54 Å². The summed E-state index contributed by atoms with van der Waals surface area (Å²) < 4.78 is 5.14. The molecule has 0 aliphatic carbocycles. The van der Waals surface area contributed by atoms with Crippen LogP contribution in [0.5, 0.6) is 5.75 Å². The van der Waals surface area contributed by atoms with E-state index in [1.807, 2.05) is 24.3 Å². The number of carbonyl (C=O) groups is 1. The molecule has 0 unspecified atom stereocenters. The van der Waals surface area contributed by atoms with Crippen LogP contribution in [0.3, 0.4) is 0 Å². The van der Waals surface area contributed by atoms with Gasteiger partial charge in [0.15, 0.2) is 0 Å². The average molecular weight is 338 g/mol. The van der Waals surface area contributed by atoms with E-state index < -0.39 is 5.97 Å². The molecule has 0 fully saturated rings. The fourth-order valence-electron chi connectivity index (χ4n) is 2.75. The molecule has 3 aromatic rings. The van der Waals surface area contributed by atoms with Crippen molar-refractivity contribution < 1.29 is 14.6 Å². The Morgan fingerprint density at radius 2 is 1.80 bits per heavy atom. The van der Waals surface area contributed by atoms with E-state index in [9.17, 15) is 9.90 Å². The number of aromatic carboxylic acids is 1. The first-order valence-corrected chi connectivity index (χ1v) is 7.73. The van der Waals surface area contributed by atoms with Gasteiger partial charge in [0.25, 0.3) is 0 Å². The third-order valence-electron chi connectivity index (χ3n) is 3.94. The second kappa shape index (κ2) is 6.72. The van der Waals surface area contributed by atoms with E-state index in [0.717, 1.165) is 16.9 Å². The zero-order valence-electron chi connectivity index (χ0n) is 14.2. The van der Waals surface area contributed by atoms with Crippen molar-refractivity contribution in [2.75, 3.05) is 7.11 Å². The molecule has 7 heteroatoms. The van der Waals surface area contributed by atoms with Crippen LogP contribution in [0.4, 0.5) is 0 Å². The standard InChI is InChI=1S/C18H18N4O3/c1-11-8-14(9-12(2)16(11)18(23)24)17-19-21-22(20-17)10-13-4-6-15(25-3)7-5-13/h4-9H,10H2,1-3H3,(H,23,24). The molecule has 2 aromatic carbocycles. The number of carboxylic acid groups (broad SMARTS) is 1. The lowest BCUT2D eigenvalue weighted by Gasteiger charge is -2.07. The predicted molar refractivity (Wildman–Crippen MR) is 91.8 cm³/mol. The van der Waals surface area contributed by atoms with Crippen molar-refractivity contribution in [2.24, 2.45) is 0 Å². The van der Waals surface area contributed by atoms with Crippen molar-refractivity contribution in [2.45, 2.75) is 20.4 Å². The van der Waals surface area contributed by atoms with Crippen LogP contribution in [-0.4, -0.2) is 38.4 Å². The molecule has 128 valence electrons. The second-order valence-electron chi connectivity index (χ2n) is 5.78. The second-order valence-corrected chi connectivity index (χ2v) is 5.78. The minimum atomic E-state index is -0.933. The van der Waals surface area contributed by atoms with Crippen LogP contribution in [0.2, 0.25) is 0 Å². The van der Waals surface area contributed by atoms with E-state index in [1.54, 1.807) is 33.1 Å². The van der Waals surface area contributed by atoms with Crippen LogP contribution in [0.25, 0.3) is 11.4 Å². The summed E-state index contributed by atoms with van der Waals surface area (Å²) in [7, 11) is 1.62. The van der Waals surface area contributed by atoms with Crippen molar-refractivity contribution >= 4 is 5.97 Å². The lowest BCUT2D eigenvalue weighted by molar-refractivity contribution is 0.0695. The highest BCUT2D eigenvalue weighted by molar-refractivity contribution is 5.91. The lowest BCUT2D eigenvalue weighted by atomic mass is 9.99. The molecule has 1 aromatic heterocycles. The Morgan fingerprint density at radius 1 is 1.16 bits per heavy atom. The Balaban J connectivity index is 1.84. The quantitative estimate of drug-likeness (QED) is 0.769. The van der Waals surface area contributed by atoms with E-state index in [1.165, 1.54) is 4.80 Å². The largest absolute Gasteiger partial charge is 0.497 e. The summed E-state index contributed by atoms with van der Waals surface area (Å²) in [5.41, 5.74) is 3.44. The van der Waals surface area contributed by atoms with Gasteiger partial charge >= 0.3 is 5.97 Å². The van der Waals surface area contributed by atoms with Gasteiger partial charge in [-0.2, -0.15) is 4.80 Å². The van der Waals surface area contributed by atoms with Gasteiger partial charge in [0.2, 0.25) is 5.82 Å². The van der Waals surface area contributed by atoms with Gasteiger partial charge in [0.1, 0.15) is 5.75 Å².